The van der Waals surface area contributed by atoms with Crippen molar-refractivity contribution in [1.29, 1.82) is 0 Å². The number of ether oxygens (including phenoxy) is 2. The number of carbonyl (C=O) groups excluding carboxylic acids is 3. The van der Waals surface area contributed by atoms with Gasteiger partial charge >= 0.3 is 5.97 Å². The van der Waals surface area contributed by atoms with Crippen molar-refractivity contribution < 1.29 is 28.2 Å². The van der Waals surface area contributed by atoms with Crippen LogP contribution in [0, 0.1) is 5.82 Å². The monoisotopic (exact) mass is 396 g/mol. The number of fused-ring (bicyclic) bond motifs is 1. The average molecular weight is 396 g/mol. The molecule has 1 atom stereocenters. The van der Waals surface area contributed by atoms with E-state index >= 15 is 0 Å². The summed E-state index contributed by atoms with van der Waals surface area (Å²) in [5.74, 6) is -2.14. The van der Waals surface area contributed by atoms with E-state index in [4.69, 9.17) is 9.47 Å². The van der Waals surface area contributed by atoms with Crippen LogP contribution in [0.1, 0.15) is 29.1 Å². The van der Waals surface area contributed by atoms with Crippen molar-refractivity contribution in [1.82, 2.24) is 10.6 Å². The third kappa shape index (κ3) is 5.01. The Labute approximate surface area is 159 Å². The summed E-state index contributed by atoms with van der Waals surface area (Å²) in [5.41, 5.74) is 0.386. The van der Waals surface area contributed by atoms with E-state index in [1.165, 1.54) is 20.1 Å². The first-order chi connectivity index (χ1) is 12.9. The van der Waals surface area contributed by atoms with Crippen LogP contribution in [0.4, 0.5) is 4.39 Å². The number of amides is 2. The summed E-state index contributed by atoms with van der Waals surface area (Å²) in [7, 11) is 1.44. The molecule has 0 radical (unpaired) electrons. The fourth-order valence-electron chi connectivity index (χ4n) is 2.49. The average Bonchev–Trinajstić information content (AvgIpc) is 3.00. The highest BCUT2D eigenvalue weighted by Crippen LogP contribution is 2.34. The molecule has 2 rings (SSSR count). The van der Waals surface area contributed by atoms with E-state index in [1.807, 2.05) is 0 Å². The molecule has 0 spiro atoms. The number of esters is 1. The molecule has 2 N–H and O–H groups in total. The molecule has 1 heterocycles. The number of rotatable bonds is 8. The molecule has 2 amide bonds. The Balaban J connectivity index is 2.08. The van der Waals surface area contributed by atoms with Gasteiger partial charge in [0.2, 0.25) is 5.91 Å². The van der Waals surface area contributed by atoms with Crippen molar-refractivity contribution in [3.8, 4) is 0 Å². The first kappa shape index (κ1) is 20.8. The van der Waals surface area contributed by atoms with Crippen LogP contribution in [0.15, 0.2) is 18.2 Å². The number of carbonyl (C=O) groups is 3. The topological polar surface area (TPSA) is 93.7 Å². The molecule has 0 aliphatic carbocycles. The van der Waals surface area contributed by atoms with Gasteiger partial charge in [-0.15, -0.1) is 11.3 Å². The lowest BCUT2D eigenvalue weighted by Gasteiger charge is -2.13. The summed E-state index contributed by atoms with van der Waals surface area (Å²) in [6, 6.07) is 3.80. The number of benzene rings is 1. The molecule has 7 nitrogen and oxygen atoms in total. The molecule has 0 aliphatic heterocycles. The van der Waals surface area contributed by atoms with Crippen molar-refractivity contribution in [2.75, 3.05) is 20.3 Å². The van der Waals surface area contributed by atoms with Crippen LogP contribution in [-0.2, 0) is 25.7 Å². The predicted molar refractivity (Wildman–Crippen MR) is 99.1 cm³/mol. The van der Waals surface area contributed by atoms with E-state index in [0.29, 0.717) is 22.2 Å². The zero-order valence-corrected chi connectivity index (χ0v) is 16.1. The van der Waals surface area contributed by atoms with Crippen LogP contribution in [0.2, 0.25) is 0 Å². The maximum Gasteiger partial charge on any atom is 0.349 e. The highest BCUT2D eigenvalue weighted by molar-refractivity contribution is 7.21. The van der Waals surface area contributed by atoms with Gasteiger partial charge in [-0.2, -0.15) is 0 Å². The summed E-state index contributed by atoms with van der Waals surface area (Å²) in [4.78, 5) is 36.1. The van der Waals surface area contributed by atoms with Crippen LogP contribution in [0.3, 0.4) is 0 Å². The summed E-state index contributed by atoms with van der Waals surface area (Å²) in [6.45, 7) is 3.21. The van der Waals surface area contributed by atoms with Crippen LogP contribution in [-0.4, -0.2) is 44.1 Å². The van der Waals surface area contributed by atoms with Gasteiger partial charge in [0, 0.05) is 29.3 Å². The predicted octanol–water partition coefficient (Wildman–Crippen LogP) is 1.98. The number of nitrogens with one attached hydrogen (secondary N) is 2. The first-order valence-electron chi connectivity index (χ1n) is 8.32. The van der Waals surface area contributed by atoms with Gasteiger partial charge in [-0.1, -0.05) is 6.07 Å². The Morgan fingerprint density at radius 3 is 2.70 bits per heavy atom. The standard InChI is InChI=1S/C18H21FN2O5S/c1-4-20-17(23)10(2)21-14(22)9-26-18(24)16-11(8-25-3)15-12(19)6-5-7-13(15)27-16/h5-7,10H,4,8-9H2,1-3H3,(H,20,23)(H,21,22)/t10-/m1/s1. The molecule has 0 fully saturated rings. The largest absolute Gasteiger partial charge is 0.451 e. The lowest BCUT2D eigenvalue weighted by Crippen LogP contribution is -2.46. The highest BCUT2D eigenvalue weighted by Gasteiger charge is 2.23. The first-order valence-corrected chi connectivity index (χ1v) is 9.13. The molecule has 0 bridgehead atoms. The molecule has 0 unspecified atom stereocenters. The Bertz CT molecular complexity index is 852. The van der Waals surface area contributed by atoms with Gasteiger partial charge in [-0.05, 0) is 26.0 Å². The van der Waals surface area contributed by atoms with Crippen molar-refractivity contribution >= 4 is 39.2 Å². The second kappa shape index (κ2) is 9.43. The third-order valence-electron chi connectivity index (χ3n) is 3.69. The molecule has 1 aromatic carbocycles. The number of methoxy groups -OCH3 is 1. The van der Waals surface area contributed by atoms with Gasteiger partial charge in [0.15, 0.2) is 6.61 Å². The number of hydrogen-bond donors (Lipinski definition) is 2. The van der Waals surface area contributed by atoms with E-state index in [0.717, 1.165) is 11.3 Å². The highest BCUT2D eigenvalue weighted by atomic mass is 32.1. The van der Waals surface area contributed by atoms with Gasteiger partial charge in [0.25, 0.3) is 5.91 Å². The lowest BCUT2D eigenvalue weighted by atomic mass is 10.1. The normalized spacial score (nSPS) is 11.9. The zero-order chi connectivity index (χ0) is 20.0. The van der Waals surface area contributed by atoms with Crippen LogP contribution >= 0.6 is 11.3 Å². The fraction of sp³-hybridized carbons (Fsp3) is 0.389. The minimum Gasteiger partial charge on any atom is -0.451 e. The summed E-state index contributed by atoms with van der Waals surface area (Å²) in [6.07, 6.45) is 0. The molecule has 0 aliphatic rings. The van der Waals surface area contributed by atoms with Gasteiger partial charge in [0.05, 0.1) is 6.61 Å². The quantitative estimate of drug-likeness (QED) is 0.666. The number of thiophene rings is 1. The fourth-order valence-corrected chi connectivity index (χ4v) is 3.60. The van der Waals surface area contributed by atoms with Gasteiger partial charge < -0.3 is 20.1 Å². The molecule has 27 heavy (non-hydrogen) atoms. The maximum atomic E-state index is 14.1. The van der Waals surface area contributed by atoms with Crippen molar-refractivity contribution in [2.45, 2.75) is 26.5 Å². The second-order valence-corrected chi connectivity index (χ2v) is 6.77. The molecular formula is C18H21FN2O5S. The van der Waals surface area contributed by atoms with Crippen molar-refractivity contribution in [2.24, 2.45) is 0 Å². The Hall–Kier alpha value is -2.52. The van der Waals surface area contributed by atoms with Crippen LogP contribution < -0.4 is 10.6 Å². The summed E-state index contributed by atoms with van der Waals surface area (Å²) in [5, 5.41) is 5.32. The van der Waals surface area contributed by atoms with E-state index in [2.05, 4.69) is 10.6 Å². The van der Waals surface area contributed by atoms with Crippen molar-refractivity contribution in [3.63, 3.8) is 0 Å². The molecule has 2 aromatic rings. The van der Waals surface area contributed by atoms with E-state index in [9.17, 15) is 18.8 Å². The minimum absolute atomic E-state index is 0.0335. The summed E-state index contributed by atoms with van der Waals surface area (Å²) >= 11 is 1.07. The summed E-state index contributed by atoms with van der Waals surface area (Å²) < 4.78 is 24.8. The van der Waals surface area contributed by atoms with Crippen LogP contribution in [0.5, 0.6) is 0 Å². The second-order valence-electron chi connectivity index (χ2n) is 5.72. The van der Waals surface area contributed by atoms with Gasteiger partial charge in [0.1, 0.15) is 16.7 Å². The van der Waals surface area contributed by atoms with E-state index < -0.39 is 30.3 Å². The minimum atomic E-state index is -0.751. The smallest absolute Gasteiger partial charge is 0.349 e. The Kier molecular flexibility index (Phi) is 7.26. The Morgan fingerprint density at radius 2 is 2.04 bits per heavy atom. The Morgan fingerprint density at radius 1 is 1.30 bits per heavy atom. The zero-order valence-electron chi connectivity index (χ0n) is 15.3. The molecule has 1 aromatic heterocycles. The lowest BCUT2D eigenvalue weighted by molar-refractivity contribution is -0.130. The van der Waals surface area contributed by atoms with Crippen LogP contribution in [0.25, 0.3) is 10.1 Å². The number of hydrogen-bond acceptors (Lipinski definition) is 6. The van der Waals surface area contributed by atoms with Gasteiger partial charge in [-0.3, -0.25) is 9.59 Å². The molecule has 146 valence electrons. The van der Waals surface area contributed by atoms with E-state index in [1.54, 1.807) is 19.1 Å². The van der Waals surface area contributed by atoms with Crippen molar-refractivity contribution in [3.05, 3.63) is 34.5 Å². The molecule has 0 saturated heterocycles. The van der Waals surface area contributed by atoms with E-state index in [-0.39, 0.29) is 17.4 Å². The maximum absolute atomic E-state index is 14.1. The molecule has 9 heteroatoms. The molecular weight excluding hydrogens is 375 g/mol. The SMILES string of the molecule is CCNC(=O)[C@@H](C)NC(=O)COC(=O)c1sc2cccc(F)c2c1COC. The van der Waals surface area contributed by atoms with Gasteiger partial charge in [-0.25, -0.2) is 9.18 Å². The number of halogens is 1. The molecule has 0 saturated carbocycles. The third-order valence-corrected chi connectivity index (χ3v) is 4.87. The number of likely N-dealkylation sites (N-methyl/N-ethyl adjacent to an activating group) is 1.